The monoisotopic (exact) mass is 532 g/mol. The number of ether oxygens (including phenoxy) is 2. The molecular formula is C31H33ClN2O4. The number of amides is 1. The van der Waals surface area contributed by atoms with Crippen LogP contribution in [0.15, 0.2) is 89.9 Å². The molecule has 0 fully saturated rings. The quantitative estimate of drug-likeness (QED) is 0.303. The van der Waals surface area contributed by atoms with Crippen LogP contribution in [0.2, 0.25) is 5.02 Å². The molecule has 1 aliphatic heterocycles. The Hall–Kier alpha value is -3.61. The summed E-state index contributed by atoms with van der Waals surface area (Å²) >= 11 is 5.99. The number of aliphatic imine (C=N–C) groups is 1. The third kappa shape index (κ3) is 7.03. The molecule has 2 atom stereocenters. The Balaban J connectivity index is 1.52. The number of benzene rings is 3. The average Bonchev–Trinajstić information content (AvgIpc) is 3.28. The minimum atomic E-state index is -1.10. The molecule has 0 saturated carbocycles. The van der Waals surface area contributed by atoms with Gasteiger partial charge in [-0.2, -0.15) is 0 Å². The standard InChI is InChI=1S/C31H33ClN2O4/c1-23-31(19-5-9-24-7-3-2-4-8-24,30(36)33-20-18-25-10-14-27(32)15-11-25)34-29(38-23)26-12-16-28(17-13-26)37-22-6-21-35/h2-5,7-17,23,35H,6,18-22H2,1H3,(H,33,36)/b9-5+/t23-,31-/m1/s1. The number of carbonyl (C=O) groups excluding carboxylic acids is 1. The van der Waals surface area contributed by atoms with Gasteiger partial charge in [0.25, 0.3) is 5.91 Å². The highest BCUT2D eigenvalue weighted by Gasteiger charge is 2.49. The summed E-state index contributed by atoms with van der Waals surface area (Å²) in [6.07, 6.45) is 5.17. The molecule has 0 unspecified atom stereocenters. The van der Waals surface area contributed by atoms with Crippen LogP contribution < -0.4 is 10.1 Å². The Morgan fingerprint density at radius 2 is 1.84 bits per heavy atom. The first-order chi connectivity index (χ1) is 18.5. The number of aliphatic hydroxyl groups excluding tert-OH is 1. The van der Waals surface area contributed by atoms with E-state index in [0.29, 0.717) is 49.1 Å². The third-order valence-electron chi connectivity index (χ3n) is 6.48. The molecule has 1 amide bonds. The molecule has 0 bridgehead atoms. The van der Waals surface area contributed by atoms with Gasteiger partial charge in [0.05, 0.1) is 6.61 Å². The van der Waals surface area contributed by atoms with Gasteiger partial charge in [0, 0.05) is 36.6 Å². The molecular weight excluding hydrogens is 500 g/mol. The fraction of sp³-hybridized carbons (Fsp3) is 0.290. The summed E-state index contributed by atoms with van der Waals surface area (Å²) in [6.45, 7) is 2.89. The van der Waals surface area contributed by atoms with Gasteiger partial charge in [-0.15, -0.1) is 0 Å². The van der Waals surface area contributed by atoms with E-state index in [9.17, 15) is 4.79 Å². The number of halogens is 1. The van der Waals surface area contributed by atoms with Crippen molar-refractivity contribution in [1.29, 1.82) is 0 Å². The predicted molar refractivity (Wildman–Crippen MR) is 152 cm³/mol. The fourth-order valence-corrected chi connectivity index (χ4v) is 4.37. The highest BCUT2D eigenvalue weighted by Crippen LogP contribution is 2.33. The predicted octanol–water partition coefficient (Wildman–Crippen LogP) is 5.47. The van der Waals surface area contributed by atoms with E-state index in [0.717, 1.165) is 16.7 Å². The maximum absolute atomic E-state index is 13.6. The van der Waals surface area contributed by atoms with Gasteiger partial charge in [-0.05, 0) is 60.9 Å². The summed E-state index contributed by atoms with van der Waals surface area (Å²) < 4.78 is 11.8. The average molecular weight is 533 g/mol. The van der Waals surface area contributed by atoms with Crippen molar-refractivity contribution in [3.8, 4) is 5.75 Å². The first-order valence-electron chi connectivity index (χ1n) is 12.8. The van der Waals surface area contributed by atoms with E-state index in [-0.39, 0.29) is 12.5 Å². The van der Waals surface area contributed by atoms with E-state index in [1.54, 1.807) is 0 Å². The van der Waals surface area contributed by atoms with Gasteiger partial charge in [-0.3, -0.25) is 4.79 Å². The lowest BCUT2D eigenvalue weighted by atomic mass is 9.89. The van der Waals surface area contributed by atoms with E-state index in [1.807, 2.05) is 97.9 Å². The van der Waals surface area contributed by atoms with Crippen LogP contribution in [0.5, 0.6) is 5.75 Å². The summed E-state index contributed by atoms with van der Waals surface area (Å²) in [5.41, 5.74) is 1.82. The zero-order chi connectivity index (χ0) is 26.8. The first kappa shape index (κ1) is 27.4. The molecule has 0 aliphatic carbocycles. The minimum Gasteiger partial charge on any atom is -0.494 e. The van der Waals surface area contributed by atoms with Crippen LogP contribution in [0.4, 0.5) is 0 Å². The van der Waals surface area contributed by atoms with Crippen LogP contribution in [-0.2, 0) is 16.0 Å². The molecule has 0 aromatic heterocycles. The molecule has 198 valence electrons. The van der Waals surface area contributed by atoms with Gasteiger partial charge in [-0.1, -0.05) is 66.2 Å². The lowest BCUT2D eigenvalue weighted by Gasteiger charge is -2.27. The van der Waals surface area contributed by atoms with Gasteiger partial charge >= 0.3 is 0 Å². The first-order valence-corrected chi connectivity index (χ1v) is 13.2. The summed E-state index contributed by atoms with van der Waals surface area (Å²) in [6, 6.07) is 25.0. The molecule has 0 spiro atoms. The largest absolute Gasteiger partial charge is 0.494 e. The van der Waals surface area contributed by atoms with Gasteiger partial charge in [0.1, 0.15) is 11.9 Å². The van der Waals surface area contributed by atoms with Crippen LogP contribution in [0.1, 0.15) is 36.5 Å². The fourth-order valence-electron chi connectivity index (χ4n) is 4.25. The summed E-state index contributed by atoms with van der Waals surface area (Å²) in [5, 5.41) is 12.7. The molecule has 6 nitrogen and oxygen atoms in total. The van der Waals surface area contributed by atoms with Crippen molar-refractivity contribution in [2.24, 2.45) is 4.99 Å². The Morgan fingerprint density at radius 3 is 2.55 bits per heavy atom. The Labute approximate surface area is 229 Å². The second-order valence-electron chi connectivity index (χ2n) is 9.20. The SMILES string of the molecule is C[C@H]1OC(c2ccc(OCCCO)cc2)=N[C@@]1(C/C=C/c1ccccc1)C(=O)NCCc1ccc(Cl)cc1. The van der Waals surface area contributed by atoms with Gasteiger partial charge in [0.2, 0.25) is 5.90 Å². The minimum absolute atomic E-state index is 0.0865. The molecule has 1 aliphatic rings. The normalized spacial score (nSPS) is 18.7. The number of hydrogen-bond donors (Lipinski definition) is 2. The summed E-state index contributed by atoms with van der Waals surface area (Å²) in [7, 11) is 0. The highest BCUT2D eigenvalue weighted by atomic mass is 35.5. The molecule has 1 heterocycles. The van der Waals surface area contributed by atoms with Crippen LogP contribution in [0.25, 0.3) is 6.08 Å². The number of carbonyl (C=O) groups is 1. The Kier molecular flexibility index (Phi) is 9.57. The van der Waals surface area contributed by atoms with Crippen LogP contribution >= 0.6 is 11.6 Å². The van der Waals surface area contributed by atoms with Crippen LogP contribution in [0, 0.1) is 0 Å². The lowest BCUT2D eigenvalue weighted by Crippen LogP contribution is -2.51. The van der Waals surface area contributed by atoms with Crippen LogP contribution in [0.3, 0.4) is 0 Å². The van der Waals surface area contributed by atoms with E-state index in [1.165, 1.54) is 0 Å². The second kappa shape index (κ2) is 13.3. The zero-order valence-electron chi connectivity index (χ0n) is 21.5. The molecule has 3 aromatic rings. The Bertz CT molecular complexity index is 1240. The van der Waals surface area contributed by atoms with Crippen molar-refractivity contribution in [3.63, 3.8) is 0 Å². The van der Waals surface area contributed by atoms with Crippen molar-refractivity contribution in [2.45, 2.75) is 37.8 Å². The maximum Gasteiger partial charge on any atom is 0.252 e. The van der Waals surface area contributed by atoms with Crippen molar-refractivity contribution >= 4 is 29.5 Å². The van der Waals surface area contributed by atoms with Crippen molar-refractivity contribution in [2.75, 3.05) is 19.8 Å². The Morgan fingerprint density at radius 1 is 1.11 bits per heavy atom. The molecule has 3 aromatic carbocycles. The molecule has 2 N–H and O–H groups in total. The van der Waals surface area contributed by atoms with Crippen molar-refractivity contribution < 1.29 is 19.4 Å². The number of hydrogen-bond acceptors (Lipinski definition) is 5. The van der Waals surface area contributed by atoms with E-state index < -0.39 is 11.6 Å². The number of aliphatic hydroxyl groups is 1. The molecule has 0 saturated heterocycles. The molecule has 38 heavy (non-hydrogen) atoms. The van der Waals surface area contributed by atoms with Gasteiger partial charge in [0.15, 0.2) is 5.54 Å². The second-order valence-corrected chi connectivity index (χ2v) is 9.64. The lowest BCUT2D eigenvalue weighted by molar-refractivity contribution is -0.128. The smallest absolute Gasteiger partial charge is 0.252 e. The van der Waals surface area contributed by atoms with E-state index in [2.05, 4.69) is 5.32 Å². The number of nitrogens with zero attached hydrogens (tertiary/aromatic N) is 1. The molecule has 4 rings (SSSR count). The van der Waals surface area contributed by atoms with E-state index >= 15 is 0 Å². The van der Waals surface area contributed by atoms with Gasteiger partial charge in [-0.25, -0.2) is 4.99 Å². The summed E-state index contributed by atoms with van der Waals surface area (Å²) in [4.78, 5) is 18.5. The highest BCUT2D eigenvalue weighted by molar-refractivity contribution is 6.30. The van der Waals surface area contributed by atoms with E-state index in [4.69, 9.17) is 31.2 Å². The number of nitrogens with one attached hydrogen (secondary N) is 1. The molecule has 0 radical (unpaired) electrons. The third-order valence-corrected chi connectivity index (χ3v) is 6.73. The topological polar surface area (TPSA) is 80.2 Å². The van der Waals surface area contributed by atoms with Gasteiger partial charge < -0.3 is 19.9 Å². The summed E-state index contributed by atoms with van der Waals surface area (Å²) in [5.74, 6) is 0.960. The molecule has 7 heteroatoms. The number of rotatable bonds is 12. The maximum atomic E-state index is 13.6. The van der Waals surface area contributed by atoms with Crippen molar-refractivity contribution in [1.82, 2.24) is 5.32 Å². The van der Waals surface area contributed by atoms with Crippen LogP contribution in [-0.4, -0.2) is 48.3 Å². The zero-order valence-corrected chi connectivity index (χ0v) is 22.2. The van der Waals surface area contributed by atoms with Crippen molar-refractivity contribution in [3.05, 3.63) is 107 Å².